The van der Waals surface area contributed by atoms with E-state index in [1.165, 1.54) is 0 Å². The summed E-state index contributed by atoms with van der Waals surface area (Å²) in [5, 5.41) is 38.0. The van der Waals surface area contributed by atoms with Gasteiger partial charge in [0.1, 0.15) is 6.10 Å². The molecule has 0 bridgehead atoms. The molecule has 0 heterocycles. The molecule has 18 heavy (non-hydrogen) atoms. The highest BCUT2D eigenvalue weighted by Gasteiger charge is 2.33. The van der Waals surface area contributed by atoms with Gasteiger partial charge in [0, 0.05) is 6.42 Å². The number of hydrogen-bond donors (Lipinski definition) is 7. The highest BCUT2D eigenvalue weighted by Crippen LogP contribution is 2.12. The van der Waals surface area contributed by atoms with Gasteiger partial charge in [0.15, 0.2) is 6.10 Å². The first-order chi connectivity index (χ1) is 8.22. The quantitative estimate of drug-likeness (QED) is 0.235. The molecule has 10 N–H and O–H groups in total. The third kappa shape index (κ3) is 4.84. The zero-order valence-corrected chi connectivity index (χ0v) is 10.3. The summed E-state index contributed by atoms with van der Waals surface area (Å²) in [6.45, 7) is 1.92. The third-order valence-corrected chi connectivity index (χ3v) is 2.97. The fourth-order valence-corrected chi connectivity index (χ4v) is 1.40. The van der Waals surface area contributed by atoms with E-state index in [1.54, 1.807) is 6.92 Å². The summed E-state index contributed by atoms with van der Waals surface area (Å²) in [7, 11) is 0. The molecule has 0 aliphatic rings. The lowest BCUT2D eigenvalue weighted by Gasteiger charge is -2.28. The number of aliphatic hydroxyl groups is 4. The van der Waals surface area contributed by atoms with Crippen LogP contribution in [-0.4, -0.2) is 63.3 Å². The van der Waals surface area contributed by atoms with E-state index in [-0.39, 0.29) is 18.9 Å². The lowest BCUT2D eigenvalue weighted by molar-refractivity contribution is -0.134. The lowest BCUT2D eigenvalue weighted by atomic mass is 9.92. The minimum atomic E-state index is -1.86. The Bertz CT molecular complexity index is 266. The molecule has 0 rings (SSSR count). The summed E-state index contributed by atoms with van der Waals surface area (Å²) in [5.41, 5.74) is 15.6. The summed E-state index contributed by atoms with van der Waals surface area (Å²) >= 11 is 0. The van der Waals surface area contributed by atoms with Crippen molar-refractivity contribution in [1.29, 1.82) is 0 Å². The average Bonchev–Trinajstić information content (AvgIpc) is 2.34. The molecule has 6 unspecified atom stereocenters. The second kappa shape index (κ2) is 7.62. The summed E-state index contributed by atoms with van der Waals surface area (Å²) in [6.07, 6.45) is -5.87. The molecule has 0 aromatic carbocycles. The minimum absolute atomic E-state index is 0.123. The maximum absolute atomic E-state index is 10.7. The van der Waals surface area contributed by atoms with E-state index in [2.05, 4.69) is 0 Å². The Labute approximate surface area is 105 Å². The van der Waals surface area contributed by atoms with Crippen LogP contribution in [0.1, 0.15) is 13.3 Å². The van der Waals surface area contributed by atoms with Gasteiger partial charge in [-0.05, 0) is 12.5 Å². The van der Waals surface area contributed by atoms with Crippen molar-refractivity contribution in [2.45, 2.75) is 43.8 Å². The van der Waals surface area contributed by atoms with Crippen LogP contribution in [0.25, 0.3) is 0 Å². The molecule has 8 heteroatoms. The van der Waals surface area contributed by atoms with Crippen molar-refractivity contribution in [3.05, 3.63) is 0 Å². The largest absolute Gasteiger partial charge is 0.393 e. The van der Waals surface area contributed by atoms with Crippen LogP contribution in [0, 0.1) is 5.92 Å². The molecule has 8 nitrogen and oxygen atoms in total. The smallest absolute Gasteiger partial charge is 0.249 e. The molecular formula is C10H23N3O5. The molecule has 1 amide bonds. The Kier molecular flexibility index (Phi) is 7.29. The van der Waals surface area contributed by atoms with Crippen LogP contribution in [0.3, 0.4) is 0 Å². The molecular weight excluding hydrogens is 242 g/mol. The van der Waals surface area contributed by atoms with Crippen LogP contribution in [0.4, 0.5) is 0 Å². The Balaban J connectivity index is 4.41. The van der Waals surface area contributed by atoms with Crippen LogP contribution < -0.4 is 17.2 Å². The lowest BCUT2D eigenvalue weighted by Crippen LogP contribution is -2.54. The first-order valence-electron chi connectivity index (χ1n) is 5.69. The number of nitrogens with two attached hydrogens (primary N) is 3. The number of carbonyl (C=O) groups excluding carboxylic acids is 1. The maximum Gasteiger partial charge on any atom is 0.249 e. The van der Waals surface area contributed by atoms with Crippen molar-refractivity contribution >= 4 is 5.91 Å². The Morgan fingerprint density at radius 1 is 1.17 bits per heavy atom. The van der Waals surface area contributed by atoms with Gasteiger partial charge in [-0.1, -0.05) is 6.92 Å². The van der Waals surface area contributed by atoms with Crippen molar-refractivity contribution in [2.75, 3.05) is 6.54 Å². The average molecular weight is 265 g/mol. The van der Waals surface area contributed by atoms with Gasteiger partial charge < -0.3 is 37.6 Å². The molecule has 0 saturated heterocycles. The van der Waals surface area contributed by atoms with Crippen molar-refractivity contribution in [3.8, 4) is 0 Å². The minimum Gasteiger partial charge on any atom is -0.393 e. The molecule has 0 saturated carbocycles. The molecule has 0 aromatic heterocycles. The Hall–Kier alpha value is -0.770. The number of rotatable bonds is 8. The Morgan fingerprint density at radius 3 is 2.06 bits per heavy atom. The van der Waals surface area contributed by atoms with E-state index in [1.807, 2.05) is 0 Å². The van der Waals surface area contributed by atoms with Gasteiger partial charge in [0.2, 0.25) is 5.91 Å². The fraction of sp³-hybridized carbons (Fsp3) is 0.900. The van der Waals surface area contributed by atoms with Gasteiger partial charge in [0.25, 0.3) is 0 Å². The van der Waals surface area contributed by atoms with Gasteiger partial charge in [-0.25, -0.2) is 0 Å². The zero-order chi connectivity index (χ0) is 14.5. The predicted molar refractivity (Wildman–Crippen MR) is 64.0 cm³/mol. The standard InChI is InChI=1S/C10H23N3O5/c1-4(3-11)5(14)2-6(15)7(12)8(16)9(17)10(13)18/h4-9,14-17H,2-3,11-12H2,1H3,(H2,13,18). The van der Waals surface area contributed by atoms with Gasteiger partial charge in [-0.2, -0.15) is 0 Å². The second-order valence-electron chi connectivity index (χ2n) is 4.50. The van der Waals surface area contributed by atoms with E-state index in [9.17, 15) is 25.2 Å². The van der Waals surface area contributed by atoms with Crippen molar-refractivity contribution in [2.24, 2.45) is 23.1 Å². The van der Waals surface area contributed by atoms with Crippen molar-refractivity contribution < 1.29 is 25.2 Å². The first kappa shape index (κ1) is 17.2. The first-order valence-corrected chi connectivity index (χ1v) is 5.69. The molecule has 0 radical (unpaired) electrons. The molecule has 0 aliphatic carbocycles. The van der Waals surface area contributed by atoms with E-state index >= 15 is 0 Å². The molecule has 0 spiro atoms. The second-order valence-corrected chi connectivity index (χ2v) is 4.50. The van der Waals surface area contributed by atoms with Gasteiger partial charge in [-0.3, -0.25) is 4.79 Å². The van der Waals surface area contributed by atoms with E-state index in [4.69, 9.17) is 17.2 Å². The topological polar surface area (TPSA) is 176 Å². The maximum atomic E-state index is 10.7. The fourth-order valence-electron chi connectivity index (χ4n) is 1.40. The molecule has 6 atom stereocenters. The summed E-state index contributed by atoms with van der Waals surface area (Å²) in [5.74, 6) is -1.38. The predicted octanol–water partition coefficient (Wildman–Crippen LogP) is -3.77. The zero-order valence-electron chi connectivity index (χ0n) is 10.3. The highest BCUT2D eigenvalue weighted by molar-refractivity contribution is 5.79. The number of carbonyl (C=O) groups is 1. The monoisotopic (exact) mass is 265 g/mol. The normalized spacial score (nSPS) is 21.7. The van der Waals surface area contributed by atoms with E-state index in [0.717, 1.165) is 0 Å². The van der Waals surface area contributed by atoms with Gasteiger partial charge in [-0.15, -0.1) is 0 Å². The number of primary amides is 1. The number of hydrogen-bond acceptors (Lipinski definition) is 7. The van der Waals surface area contributed by atoms with E-state index in [0.29, 0.717) is 0 Å². The summed E-state index contributed by atoms with van der Waals surface area (Å²) < 4.78 is 0. The van der Waals surface area contributed by atoms with Crippen LogP contribution >= 0.6 is 0 Å². The van der Waals surface area contributed by atoms with Crippen LogP contribution in [0.5, 0.6) is 0 Å². The molecule has 0 fully saturated rings. The van der Waals surface area contributed by atoms with E-state index < -0.39 is 36.4 Å². The van der Waals surface area contributed by atoms with Crippen molar-refractivity contribution in [3.63, 3.8) is 0 Å². The molecule has 0 aliphatic heterocycles. The van der Waals surface area contributed by atoms with Crippen LogP contribution in [0.15, 0.2) is 0 Å². The van der Waals surface area contributed by atoms with Crippen LogP contribution in [0.2, 0.25) is 0 Å². The number of amides is 1. The summed E-state index contributed by atoms with van der Waals surface area (Å²) in [6, 6.07) is -1.30. The molecule has 0 aromatic rings. The van der Waals surface area contributed by atoms with Crippen molar-refractivity contribution in [1.82, 2.24) is 0 Å². The Morgan fingerprint density at radius 2 is 1.67 bits per heavy atom. The summed E-state index contributed by atoms with van der Waals surface area (Å²) in [4.78, 5) is 10.7. The molecule has 108 valence electrons. The van der Waals surface area contributed by atoms with Gasteiger partial charge in [0.05, 0.1) is 18.2 Å². The van der Waals surface area contributed by atoms with Crippen LogP contribution in [-0.2, 0) is 4.79 Å². The third-order valence-electron chi connectivity index (χ3n) is 2.97. The number of aliphatic hydroxyl groups excluding tert-OH is 4. The SMILES string of the molecule is CC(CN)C(O)CC(O)C(N)C(O)C(O)C(N)=O. The highest BCUT2D eigenvalue weighted by atomic mass is 16.3. The van der Waals surface area contributed by atoms with Gasteiger partial charge >= 0.3 is 0 Å².